The summed E-state index contributed by atoms with van der Waals surface area (Å²) in [6.45, 7) is 1.96. The number of aryl methyl sites for hydroxylation is 1. The van der Waals surface area contributed by atoms with Crippen molar-refractivity contribution in [2.45, 2.75) is 6.92 Å². The van der Waals surface area contributed by atoms with E-state index in [0.717, 1.165) is 5.56 Å². The first-order valence-electron chi connectivity index (χ1n) is 5.31. The number of hydrogen-bond donors (Lipinski definition) is 1. The minimum atomic E-state index is -0.281. The van der Waals surface area contributed by atoms with Gasteiger partial charge in [-0.05, 0) is 36.8 Å². The molecular formula is C13H11Cl2N2O+. The van der Waals surface area contributed by atoms with Crippen LogP contribution in [0.5, 0.6) is 0 Å². The van der Waals surface area contributed by atoms with Crippen molar-refractivity contribution in [1.29, 1.82) is 0 Å². The molecule has 0 aliphatic carbocycles. The van der Waals surface area contributed by atoms with Gasteiger partial charge in [-0.1, -0.05) is 23.2 Å². The molecule has 0 aliphatic rings. The predicted octanol–water partition coefficient (Wildman–Crippen LogP) is 3.37. The Morgan fingerprint density at radius 1 is 1.22 bits per heavy atom. The molecule has 0 spiro atoms. The molecule has 2 rings (SSSR count). The van der Waals surface area contributed by atoms with E-state index < -0.39 is 0 Å². The summed E-state index contributed by atoms with van der Waals surface area (Å²) >= 11 is 11.7. The summed E-state index contributed by atoms with van der Waals surface area (Å²) in [7, 11) is 0. The van der Waals surface area contributed by atoms with Crippen molar-refractivity contribution >= 4 is 34.9 Å². The third-order valence-electron chi connectivity index (χ3n) is 2.39. The average molecular weight is 282 g/mol. The minimum absolute atomic E-state index is 0.281. The zero-order valence-electron chi connectivity index (χ0n) is 9.63. The number of carbonyl (C=O) groups is 1. The molecule has 5 heteroatoms. The molecule has 2 N–H and O–H groups in total. The highest BCUT2D eigenvalue weighted by Gasteiger charge is 2.16. The number of benzene rings is 1. The Hall–Kier alpha value is -1.58. The van der Waals surface area contributed by atoms with Gasteiger partial charge in [-0.25, -0.2) is 15.1 Å². The van der Waals surface area contributed by atoms with Crippen LogP contribution in [0.3, 0.4) is 0 Å². The number of anilines is 1. The van der Waals surface area contributed by atoms with Crippen molar-refractivity contribution in [1.82, 2.24) is 0 Å². The number of carbonyl (C=O) groups excluding carboxylic acids is 1. The highest BCUT2D eigenvalue weighted by atomic mass is 35.5. The fourth-order valence-electron chi connectivity index (χ4n) is 1.44. The van der Waals surface area contributed by atoms with Gasteiger partial charge in [-0.3, -0.25) is 0 Å². The highest BCUT2D eigenvalue weighted by Crippen LogP contribution is 2.21. The maximum Gasteiger partial charge on any atom is 0.340 e. The van der Waals surface area contributed by atoms with Crippen LogP contribution < -0.4 is 10.3 Å². The molecule has 1 amide bonds. The maximum atomic E-state index is 12.0. The average Bonchev–Trinajstić information content (AvgIpc) is 2.32. The Kier molecular flexibility index (Phi) is 3.84. The summed E-state index contributed by atoms with van der Waals surface area (Å²) in [6.07, 6.45) is 1.80. The van der Waals surface area contributed by atoms with Crippen molar-refractivity contribution in [2.24, 2.45) is 0 Å². The van der Waals surface area contributed by atoms with E-state index in [1.54, 1.807) is 24.4 Å². The third-order valence-corrected chi connectivity index (χ3v) is 2.94. The first-order valence-corrected chi connectivity index (χ1v) is 6.06. The summed E-state index contributed by atoms with van der Waals surface area (Å²) in [4.78, 5) is 14.9. The van der Waals surface area contributed by atoms with E-state index in [1.165, 1.54) is 6.07 Å². The lowest BCUT2D eigenvalue weighted by atomic mass is 10.2. The fourth-order valence-corrected chi connectivity index (χ4v) is 1.94. The molecule has 92 valence electrons. The van der Waals surface area contributed by atoms with Crippen LogP contribution in [-0.2, 0) is 0 Å². The van der Waals surface area contributed by atoms with Gasteiger partial charge in [0, 0.05) is 11.1 Å². The summed E-state index contributed by atoms with van der Waals surface area (Å²) in [5, 5.41) is 3.55. The Balaban J connectivity index is 2.19. The van der Waals surface area contributed by atoms with Gasteiger partial charge in [0.2, 0.25) is 0 Å². The van der Waals surface area contributed by atoms with E-state index in [4.69, 9.17) is 23.2 Å². The molecule has 2 aromatic rings. The zero-order chi connectivity index (χ0) is 13.1. The molecular weight excluding hydrogens is 271 g/mol. The summed E-state index contributed by atoms with van der Waals surface area (Å²) < 4.78 is 0. The van der Waals surface area contributed by atoms with Crippen LogP contribution in [0, 0.1) is 6.92 Å². The summed E-state index contributed by atoms with van der Waals surface area (Å²) in [5.41, 5.74) is 1.47. The number of aromatic amines is 1. The third kappa shape index (κ3) is 3.00. The van der Waals surface area contributed by atoms with Crippen LogP contribution in [-0.4, -0.2) is 5.91 Å². The smallest absolute Gasteiger partial charge is 0.247 e. The molecule has 3 nitrogen and oxygen atoms in total. The number of H-pyrrole nitrogens is 1. The van der Waals surface area contributed by atoms with E-state index in [0.29, 0.717) is 21.4 Å². The first-order chi connectivity index (χ1) is 8.56. The molecule has 0 radical (unpaired) electrons. The number of aromatic nitrogens is 1. The molecule has 0 saturated carbocycles. The van der Waals surface area contributed by atoms with Crippen LogP contribution in [0.2, 0.25) is 10.0 Å². The number of hydrogen-bond acceptors (Lipinski definition) is 1. The lowest BCUT2D eigenvalue weighted by molar-refractivity contribution is -0.361. The van der Waals surface area contributed by atoms with E-state index >= 15 is 0 Å². The van der Waals surface area contributed by atoms with Gasteiger partial charge in [-0.15, -0.1) is 0 Å². The number of pyridine rings is 1. The quantitative estimate of drug-likeness (QED) is 0.901. The molecule has 1 aromatic carbocycles. The standard InChI is InChI=1S/C13H10Cl2N2O/c1-8-2-5-12(16-7-8)17-13(18)10-4-3-9(14)6-11(10)15/h2-7H,1H3,(H,16,17,18)/p+1. The van der Waals surface area contributed by atoms with Gasteiger partial charge in [0.05, 0.1) is 16.8 Å². The molecule has 0 saturated heterocycles. The van der Waals surface area contributed by atoms with Gasteiger partial charge in [0.1, 0.15) is 0 Å². The molecule has 0 bridgehead atoms. The number of amides is 1. The predicted molar refractivity (Wildman–Crippen MR) is 72.1 cm³/mol. The van der Waals surface area contributed by atoms with Crippen molar-refractivity contribution < 1.29 is 9.78 Å². The van der Waals surface area contributed by atoms with E-state index in [2.05, 4.69) is 10.3 Å². The lowest BCUT2D eigenvalue weighted by Gasteiger charge is -2.01. The van der Waals surface area contributed by atoms with Crippen molar-refractivity contribution in [3.63, 3.8) is 0 Å². The lowest BCUT2D eigenvalue weighted by Crippen LogP contribution is -2.19. The highest BCUT2D eigenvalue weighted by molar-refractivity contribution is 6.37. The second-order valence-corrected chi connectivity index (χ2v) is 4.70. The van der Waals surface area contributed by atoms with Crippen molar-refractivity contribution in [3.05, 3.63) is 57.7 Å². The van der Waals surface area contributed by atoms with E-state index in [9.17, 15) is 4.79 Å². The second-order valence-electron chi connectivity index (χ2n) is 3.86. The maximum absolute atomic E-state index is 12.0. The normalized spacial score (nSPS) is 10.2. The first kappa shape index (κ1) is 12.9. The topological polar surface area (TPSA) is 43.2 Å². The van der Waals surface area contributed by atoms with Crippen LogP contribution >= 0.6 is 23.2 Å². The SMILES string of the molecule is Cc1ccc(NC(=O)c2ccc(Cl)cc2Cl)[nH+]c1. The fraction of sp³-hybridized carbons (Fsp3) is 0.0769. The van der Waals surface area contributed by atoms with Gasteiger partial charge in [0.25, 0.3) is 5.82 Å². The molecule has 0 aliphatic heterocycles. The molecule has 0 fully saturated rings. The van der Waals surface area contributed by atoms with Crippen LogP contribution in [0.15, 0.2) is 36.5 Å². The molecule has 1 heterocycles. The summed E-state index contributed by atoms with van der Waals surface area (Å²) in [6, 6.07) is 8.44. The van der Waals surface area contributed by atoms with Crippen LogP contribution in [0.1, 0.15) is 15.9 Å². The Morgan fingerprint density at radius 3 is 2.61 bits per heavy atom. The monoisotopic (exact) mass is 281 g/mol. The van der Waals surface area contributed by atoms with Gasteiger partial charge < -0.3 is 0 Å². The number of halogens is 2. The van der Waals surface area contributed by atoms with Crippen molar-refractivity contribution in [2.75, 3.05) is 5.32 Å². The molecule has 0 atom stereocenters. The molecule has 0 unspecified atom stereocenters. The van der Waals surface area contributed by atoms with E-state index in [1.807, 2.05) is 13.0 Å². The Bertz CT molecular complexity index is 582. The van der Waals surface area contributed by atoms with Gasteiger partial charge in [-0.2, -0.15) is 0 Å². The summed E-state index contributed by atoms with van der Waals surface area (Å²) in [5.74, 6) is 0.327. The molecule has 18 heavy (non-hydrogen) atoms. The minimum Gasteiger partial charge on any atom is -0.247 e. The Morgan fingerprint density at radius 2 is 2.00 bits per heavy atom. The number of rotatable bonds is 2. The zero-order valence-corrected chi connectivity index (χ0v) is 11.1. The largest absolute Gasteiger partial charge is 0.340 e. The van der Waals surface area contributed by atoms with E-state index in [-0.39, 0.29) is 5.91 Å². The Labute approximate surface area is 115 Å². The van der Waals surface area contributed by atoms with Crippen LogP contribution in [0.4, 0.5) is 5.82 Å². The van der Waals surface area contributed by atoms with Crippen molar-refractivity contribution in [3.8, 4) is 0 Å². The van der Waals surface area contributed by atoms with Gasteiger partial charge >= 0.3 is 5.91 Å². The second kappa shape index (κ2) is 5.38. The van der Waals surface area contributed by atoms with Crippen LogP contribution in [0.25, 0.3) is 0 Å². The number of nitrogens with one attached hydrogen (secondary N) is 2. The molecule has 1 aromatic heterocycles. The van der Waals surface area contributed by atoms with Gasteiger partial charge in [0.15, 0.2) is 0 Å².